The first kappa shape index (κ1) is 7.44. The maximum Gasteiger partial charge on any atom is 0.262 e. The van der Waals surface area contributed by atoms with Crippen LogP contribution in [0.1, 0.15) is 9.67 Å². The summed E-state index contributed by atoms with van der Waals surface area (Å²) in [5.41, 5.74) is 10.3. The number of amides is 1. The van der Waals surface area contributed by atoms with Crippen LogP contribution in [-0.4, -0.2) is 10.9 Å². The predicted octanol–water partition coefficient (Wildman–Crippen LogP) is -0.675. The third-order valence-corrected chi connectivity index (χ3v) is 2.29. The molecule has 6 heteroatoms. The summed E-state index contributed by atoms with van der Waals surface area (Å²) in [4.78, 5) is 14.7. The van der Waals surface area contributed by atoms with E-state index in [0.717, 1.165) is 0 Å². The first-order valence-electron chi connectivity index (χ1n) is 2.43. The number of carbonyl (C=O) groups excluding carboxylic acids is 1. The number of hydrogen-bond acceptors (Lipinski definition) is 4. The zero-order valence-corrected chi connectivity index (χ0v) is 6.97. The Balaban J connectivity index is 3.15. The molecule has 4 N–H and O–H groups in total. The normalized spacial score (nSPS) is 9.70. The van der Waals surface area contributed by atoms with Crippen LogP contribution in [0, 0.1) is 0 Å². The number of hydrogen-bond donors (Lipinski definition) is 2. The first-order chi connectivity index (χ1) is 4.61. The van der Waals surface area contributed by atoms with E-state index in [-0.39, 0.29) is 5.82 Å². The minimum Gasteiger partial charge on any atom is -0.382 e. The van der Waals surface area contributed by atoms with Gasteiger partial charge in [-0.3, -0.25) is 4.79 Å². The van der Waals surface area contributed by atoms with Gasteiger partial charge in [0, 0.05) is 0 Å². The standard InChI is InChI=1S/C4H6N3OPS/c5-2-1(3(6)8)10-4(9)7-2/h5,9H2,(H2,6,8). The van der Waals surface area contributed by atoms with Gasteiger partial charge in [-0.2, -0.15) is 0 Å². The van der Waals surface area contributed by atoms with Crippen LogP contribution < -0.4 is 16.2 Å². The quantitative estimate of drug-likeness (QED) is 0.555. The SMILES string of the molecule is NC(=O)c1sc(P)nc1N. The van der Waals surface area contributed by atoms with Crippen molar-refractivity contribution in [3.8, 4) is 0 Å². The highest BCUT2D eigenvalue weighted by Gasteiger charge is 2.09. The van der Waals surface area contributed by atoms with Crippen LogP contribution in [0.4, 0.5) is 5.82 Å². The number of thiazole rings is 1. The van der Waals surface area contributed by atoms with Gasteiger partial charge in [0.05, 0.1) is 0 Å². The van der Waals surface area contributed by atoms with E-state index in [1.54, 1.807) is 0 Å². The van der Waals surface area contributed by atoms with Crippen LogP contribution >= 0.6 is 20.6 Å². The maximum atomic E-state index is 10.5. The Bertz CT molecular complexity index is 271. The number of nitrogens with zero attached hydrogens (tertiary/aromatic N) is 1. The van der Waals surface area contributed by atoms with Gasteiger partial charge in [-0.25, -0.2) is 4.98 Å². The van der Waals surface area contributed by atoms with Crippen molar-refractivity contribution >= 4 is 37.1 Å². The molecule has 0 spiro atoms. The van der Waals surface area contributed by atoms with E-state index in [9.17, 15) is 4.79 Å². The summed E-state index contributed by atoms with van der Waals surface area (Å²) in [5.74, 6) is -0.314. The molecule has 10 heavy (non-hydrogen) atoms. The number of carbonyl (C=O) groups is 1. The van der Waals surface area contributed by atoms with E-state index in [4.69, 9.17) is 11.5 Å². The summed E-state index contributed by atoms with van der Waals surface area (Å²) in [6, 6.07) is 0. The van der Waals surface area contributed by atoms with Crippen molar-refractivity contribution < 1.29 is 4.79 Å². The Labute approximate surface area is 63.8 Å². The summed E-state index contributed by atoms with van der Waals surface area (Å²) in [7, 11) is 2.35. The highest BCUT2D eigenvalue weighted by Crippen LogP contribution is 2.13. The largest absolute Gasteiger partial charge is 0.382 e. The summed E-state index contributed by atoms with van der Waals surface area (Å²) in [6.45, 7) is 0. The van der Waals surface area contributed by atoms with Gasteiger partial charge in [0.25, 0.3) is 5.91 Å². The molecule has 0 saturated carbocycles. The summed E-state index contributed by atoms with van der Waals surface area (Å²) >= 11 is 1.17. The van der Waals surface area contributed by atoms with E-state index in [0.29, 0.717) is 9.63 Å². The fourth-order valence-corrected chi connectivity index (χ4v) is 1.62. The molecule has 1 unspecified atom stereocenters. The van der Waals surface area contributed by atoms with Crippen molar-refractivity contribution in [2.24, 2.45) is 5.73 Å². The molecule has 0 aliphatic heterocycles. The van der Waals surface area contributed by atoms with Gasteiger partial charge in [-0.15, -0.1) is 11.3 Å². The van der Waals surface area contributed by atoms with Crippen molar-refractivity contribution in [1.29, 1.82) is 0 Å². The Morgan fingerprint density at radius 3 is 2.50 bits per heavy atom. The number of nitrogens with two attached hydrogens (primary N) is 2. The molecule has 0 aliphatic rings. The molecule has 0 radical (unpaired) electrons. The lowest BCUT2D eigenvalue weighted by molar-refractivity contribution is 0.100. The molecule has 1 heterocycles. The van der Waals surface area contributed by atoms with Gasteiger partial charge < -0.3 is 11.5 Å². The molecule has 1 aromatic heterocycles. The molecule has 4 nitrogen and oxygen atoms in total. The molecule has 0 saturated heterocycles. The van der Waals surface area contributed by atoms with Crippen LogP contribution in [0.3, 0.4) is 0 Å². The maximum absolute atomic E-state index is 10.5. The lowest BCUT2D eigenvalue weighted by Crippen LogP contribution is -2.10. The van der Waals surface area contributed by atoms with Gasteiger partial charge in [0.1, 0.15) is 15.4 Å². The Morgan fingerprint density at radius 2 is 2.30 bits per heavy atom. The molecule has 0 bridgehead atoms. The Kier molecular flexibility index (Phi) is 1.87. The summed E-state index contributed by atoms with van der Waals surface area (Å²) in [5, 5.41) is 0. The average Bonchev–Trinajstić information content (AvgIpc) is 2.10. The highest BCUT2D eigenvalue weighted by molar-refractivity contribution is 7.43. The van der Waals surface area contributed by atoms with E-state index >= 15 is 0 Å². The minimum atomic E-state index is -0.524. The van der Waals surface area contributed by atoms with E-state index in [1.807, 2.05) is 0 Å². The van der Waals surface area contributed by atoms with E-state index in [1.165, 1.54) is 11.3 Å². The number of nitrogen functional groups attached to an aromatic ring is 1. The zero-order chi connectivity index (χ0) is 7.72. The van der Waals surface area contributed by atoms with Gasteiger partial charge >= 0.3 is 0 Å². The molecule has 0 aromatic carbocycles. The predicted molar refractivity (Wildman–Crippen MR) is 44.4 cm³/mol. The first-order valence-corrected chi connectivity index (χ1v) is 3.82. The molecule has 0 aliphatic carbocycles. The van der Waals surface area contributed by atoms with Gasteiger partial charge in [-0.05, 0) is 0 Å². The molecular formula is C4H6N3OPS. The molecule has 0 fully saturated rings. The van der Waals surface area contributed by atoms with Gasteiger partial charge in [-0.1, -0.05) is 9.24 Å². The van der Waals surface area contributed by atoms with Gasteiger partial charge in [0.2, 0.25) is 0 Å². The zero-order valence-electron chi connectivity index (χ0n) is 5.00. The molecule has 54 valence electrons. The van der Waals surface area contributed by atoms with Crippen molar-refractivity contribution in [2.75, 3.05) is 5.73 Å². The lowest BCUT2D eigenvalue weighted by Gasteiger charge is -1.85. The summed E-state index contributed by atoms with van der Waals surface area (Å²) < 4.78 is 0.673. The smallest absolute Gasteiger partial charge is 0.262 e. The number of rotatable bonds is 1. The topological polar surface area (TPSA) is 82.0 Å². The van der Waals surface area contributed by atoms with Crippen LogP contribution in [0.15, 0.2) is 0 Å². The van der Waals surface area contributed by atoms with Crippen molar-refractivity contribution in [3.05, 3.63) is 4.88 Å². The van der Waals surface area contributed by atoms with Crippen LogP contribution in [0.5, 0.6) is 0 Å². The van der Waals surface area contributed by atoms with Crippen molar-refractivity contribution in [2.45, 2.75) is 0 Å². The van der Waals surface area contributed by atoms with Crippen molar-refractivity contribution in [1.82, 2.24) is 4.98 Å². The Morgan fingerprint density at radius 1 is 1.70 bits per heavy atom. The van der Waals surface area contributed by atoms with Crippen LogP contribution in [0.25, 0.3) is 0 Å². The third kappa shape index (κ3) is 1.25. The second-order valence-electron chi connectivity index (χ2n) is 1.63. The summed E-state index contributed by atoms with van der Waals surface area (Å²) in [6.07, 6.45) is 0. The number of primary amides is 1. The Hall–Kier alpha value is -0.670. The third-order valence-electron chi connectivity index (χ3n) is 0.894. The number of aromatic nitrogens is 1. The second kappa shape index (κ2) is 2.52. The molecule has 1 rings (SSSR count). The number of anilines is 1. The second-order valence-corrected chi connectivity index (χ2v) is 3.63. The molecule has 1 atom stereocenters. The molecule has 1 amide bonds. The van der Waals surface area contributed by atoms with Crippen molar-refractivity contribution in [3.63, 3.8) is 0 Å². The van der Waals surface area contributed by atoms with E-state index < -0.39 is 5.91 Å². The fourth-order valence-electron chi connectivity index (χ4n) is 0.526. The average molecular weight is 175 g/mol. The highest BCUT2D eigenvalue weighted by atomic mass is 32.1. The van der Waals surface area contributed by atoms with Gasteiger partial charge in [0.15, 0.2) is 0 Å². The van der Waals surface area contributed by atoms with Crippen LogP contribution in [0.2, 0.25) is 0 Å². The van der Waals surface area contributed by atoms with E-state index in [2.05, 4.69) is 14.2 Å². The van der Waals surface area contributed by atoms with Crippen LogP contribution in [-0.2, 0) is 0 Å². The minimum absolute atomic E-state index is 0.211. The molecule has 1 aromatic rings. The fraction of sp³-hybridized carbons (Fsp3) is 0. The molecular weight excluding hydrogens is 169 g/mol. The monoisotopic (exact) mass is 175 g/mol. The lowest BCUT2D eigenvalue weighted by atomic mass is 10.5.